The summed E-state index contributed by atoms with van der Waals surface area (Å²) in [7, 11) is 0. The van der Waals surface area contributed by atoms with Crippen LogP contribution >= 0.6 is 0 Å². The van der Waals surface area contributed by atoms with Gasteiger partial charge in [0.05, 0.1) is 6.61 Å². The molecule has 0 bridgehead atoms. The first-order valence-electron chi connectivity index (χ1n) is 7.76. The Hall–Kier alpha value is -2.73. The molecule has 2 amide bonds. The highest BCUT2D eigenvalue weighted by Crippen LogP contribution is 2.11. The molecule has 0 atom stereocenters. The number of ether oxygens (including phenoxy) is 1. The van der Waals surface area contributed by atoms with Crippen LogP contribution in [0.15, 0.2) is 42.6 Å². The van der Waals surface area contributed by atoms with Crippen molar-refractivity contribution in [3.8, 4) is 0 Å². The van der Waals surface area contributed by atoms with Gasteiger partial charge >= 0.3 is 11.8 Å². The zero-order valence-electron chi connectivity index (χ0n) is 13.8. The van der Waals surface area contributed by atoms with Crippen molar-refractivity contribution in [2.45, 2.75) is 27.0 Å². The number of benzene rings is 1. The number of nitrogens with zero attached hydrogens (tertiary/aromatic N) is 1. The molecule has 2 aromatic rings. The van der Waals surface area contributed by atoms with Gasteiger partial charge in [-0.3, -0.25) is 14.6 Å². The molecule has 2 rings (SSSR count). The van der Waals surface area contributed by atoms with Crippen molar-refractivity contribution in [3.63, 3.8) is 0 Å². The second kappa shape index (κ2) is 8.79. The van der Waals surface area contributed by atoms with Crippen molar-refractivity contribution in [1.82, 2.24) is 10.3 Å². The van der Waals surface area contributed by atoms with Gasteiger partial charge in [0.1, 0.15) is 0 Å². The van der Waals surface area contributed by atoms with Crippen molar-refractivity contribution < 1.29 is 14.3 Å². The first kappa shape index (κ1) is 17.6. The molecule has 0 fully saturated rings. The summed E-state index contributed by atoms with van der Waals surface area (Å²) in [5.74, 6) is -1.39. The molecule has 0 aliphatic rings. The number of aryl methyl sites for hydroxylation is 1. The number of hydrogen-bond donors (Lipinski definition) is 2. The van der Waals surface area contributed by atoms with Gasteiger partial charge in [-0.05, 0) is 43.2 Å². The van der Waals surface area contributed by atoms with Crippen molar-refractivity contribution in [2.75, 3.05) is 11.9 Å². The van der Waals surface area contributed by atoms with Gasteiger partial charge in [0, 0.05) is 30.7 Å². The van der Waals surface area contributed by atoms with Gasteiger partial charge in [-0.15, -0.1) is 0 Å². The van der Waals surface area contributed by atoms with E-state index in [2.05, 4.69) is 15.6 Å². The Labute approximate surface area is 141 Å². The van der Waals surface area contributed by atoms with Crippen LogP contribution in [0.5, 0.6) is 0 Å². The number of anilines is 1. The van der Waals surface area contributed by atoms with E-state index < -0.39 is 11.8 Å². The number of carbonyl (C=O) groups excluding carboxylic acids is 2. The average Bonchev–Trinajstić information content (AvgIpc) is 2.59. The summed E-state index contributed by atoms with van der Waals surface area (Å²) < 4.78 is 5.32. The van der Waals surface area contributed by atoms with Crippen LogP contribution in [0.3, 0.4) is 0 Å². The minimum Gasteiger partial charge on any atom is -0.377 e. The molecular formula is C18H21N3O3. The van der Waals surface area contributed by atoms with E-state index in [1.54, 1.807) is 24.4 Å². The number of nitrogens with one attached hydrogen (secondary N) is 2. The molecule has 0 aliphatic heterocycles. The number of aromatic nitrogens is 1. The number of rotatable bonds is 6. The number of hydrogen-bond acceptors (Lipinski definition) is 4. The van der Waals surface area contributed by atoms with Crippen LogP contribution in [0.2, 0.25) is 0 Å². The average molecular weight is 327 g/mol. The fourth-order valence-electron chi connectivity index (χ4n) is 2.01. The molecule has 0 unspecified atom stereocenters. The second-order valence-electron chi connectivity index (χ2n) is 5.28. The molecule has 0 spiro atoms. The lowest BCUT2D eigenvalue weighted by Crippen LogP contribution is -2.35. The molecule has 1 aromatic heterocycles. The molecule has 2 N–H and O–H groups in total. The SMILES string of the molecule is CCOCc1cccc(NC(=O)C(=O)NCc2ccc(C)nc2)c1. The third-order valence-electron chi connectivity index (χ3n) is 3.29. The molecule has 6 nitrogen and oxygen atoms in total. The molecule has 1 heterocycles. The zero-order valence-corrected chi connectivity index (χ0v) is 13.8. The molecule has 0 saturated carbocycles. The van der Waals surface area contributed by atoms with E-state index >= 15 is 0 Å². The highest BCUT2D eigenvalue weighted by atomic mass is 16.5. The molecule has 0 saturated heterocycles. The standard InChI is InChI=1S/C18H21N3O3/c1-3-24-12-14-5-4-6-16(9-14)21-18(23)17(22)20-11-15-8-7-13(2)19-10-15/h4-10H,3,11-12H2,1-2H3,(H,20,22)(H,21,23). The quantitative estimate of drug-likeness (QED) is 0.797. The van der Waals surface area contributed by atoms with Crippen LogP contribution in [0.25, 0.3) is 0 Å². The Morgan fingerprint density at radius 2 is 1.96 bits per heavy atom. The largest absolute Gasteiger partial charge is 0.377 e. The van der Waals surface area contributed by atoms with E-state index in [4.69, 9.17) is 4.74 Å². The van der Waals surface area contributed by atoms with Gasteiger partial charge in [0.2, 0.25) is 0 Å². The third-order valence-corrected chi connectivity index (χ3v) is 3.29. The van der Waals surface area contributed by atoms with E-state index in [9.17, 15) is 9.59 Å². The number of amides is 2. The fourth-order valence-corrected chi connectivity index (χ4v) is 2.01. The molecule has 6 heteroatoms. The van der Waals surface area contributed by atoms with Gasteiger partial charge in [-0.25, -0.2) is 0 Å². The Morgan fingerprint density at radius 1 is 1.12 bits per heavy atom. The molecular weight excluding hydrogens is 306 g/mol. The summed E-state index contributed by atoms with van der Waals surface area (Å²) in [6.45, 7) is 5.14. The maximum absolute atomic E-state index is 11.9. The van der Waals surface area contributed by atoms with Gasteiger partial charge in [0.15, 0.2) is 0 Å². The summed E-state index contributed by atoms with van der Waals surface area (Å²) in [6.07, 6.45) is 1.67. The van der Waals surface area contributed by atoms with Gasteiger partial charge in [0.25, 0.3) is 0 Å². The minimum atomic E-state index is -0.705. The summed E-state index contributed by atoms with van der Waals surface area (Å²) in [6, 6.07) is 10.9. The van der Waals surface area contributed by atoms with E-state index in [0.717, 1.165) is 16.8 Å². The first-order valence-corrected chi connectivity index (χ1v) is 7.76. The number of pyridine rings is 1. The lowest BCUT2D eigenvalue weighted by molar-refractivity contribution is -0.136. The lowest BCUT2D eigenvalue weighted by Gasteiger charge is -2.08. The van der Waals surface area contributed by atoms with Crippen LogP contribution in [-0.2, 0) is 27.5 Å². The maximum Gasteiger partial charge on any atom is 0.313 e. The highest BCUT2D eigenvalue weighted by molar-refractivity contribution is 6.39. The molecule has 24 heavy (non-hydrogen) atoms. The Balaban J connectivity index is 1.87. The van der Waals surface area contributed by atoms with Crippen LogP contribution in [-0.4, -0.2) is 23.4 Å². The first-order chi connectivity index (χ1) is 11.6. The Bertz CT molecular complexity index is 699. The molecule has 1 aromatic carbocycles. The summed E-state index contributed by atoms with van der Waals surface area (Å²) in [5.41, 5.74) is 3.22. The second-order valence-corrected chi connectivity index (χ2v) is 5.28. The summed E-state index contributed by atoms with van der Waals surface area (Å²) >= 11 is 0. The van der Waals surface area contributed by atoms with E-state index in [0.29, 0.717) is 18.9 Å². The Kier molecular flexibility index (Phi) is 6.45. The molecule has 0 aliphatic carbocycles. The Morgan fingerprint density at radius 3 is 2.67 bits per heavy atom. The van der Waals surface area contributed by atoms with Crippen molar-refractivity contribution in [2.24, 2.45) is 0 Å². The van der Waals surface area contributed by atoms with Gasteiger partial charge in [-0.1, -0.05) is 18.2 Å². The topological polar surface area (TPSA) is 80.3 Å². The summed E-state index contributed by atoms with van der Waals surface area (Å²) in [5, 5.41) is 5.15. The van der Waals surface area contributed by atoms with Crippen molar-refractivity contribution in [3.05, 3.63) is 59.4 Å². The fraction of sp³-hybridized carbons (Fsp3) is 0.278. The van der Waals surface area contributed by atoms with Crippen LogP contribution in [0.1, 0.15) is 23.7 Å². The van der Waals surface area contributed by atoms with Gasteiger partial charge < -0.3 is 15.4 Å². The zero-order chi connectivity index (χ0) is 17.4. The maximum atomic E-state index is 11.9. The lowest BCUT2D eigenvalue weighted by atomic mass is 10.2. The van der Waals surface area contributed by atoms with Crippen LogP contribution < -0.4 is 10.6 Å². The van der Waals surface area contributed by atoms with Crippen molar-refractivity contribution >= 4 is 17.5 Å². The predicted molar refractivity (Wildman–Crippen MR) is 91.2 cm³/mol. The van der Waals surface area contributed by atoms with Crippen LogP contribution in [0.4, 0.5) is 5.69 Å². The molecule has 0 radical (unpaired) electrons. The highest BCUT2D eigenvalue weighted by Gasteiger charge is 2.13. The van der Waals surface area contributed by atoms with Crippen LogP contribution in [0, 0.1) is 6.92 Å². The van der Waals surface area contributed by atoms with E-state index in [1.165, 1.54) is 0 Å². The van der Waals surface area contributed by atoms with Crippen molar-refractivity contribution in [1.29, 1.82) is 0 Å². The monoisotopic (exact) mass is 327 g/mol. The third kappa shape index (κ3) is 5.48. The minimum absolute atomic E-state index is 0.254. The smallest absolute Gasteiger partial charge is 0.313 e. The summed E-state index contributed by atoms with van der Waals surface area (Å²) in [4.78, 5) is 28.0. The van der Waals surface area contributed by atoms with Gasteiger partial charge in [-0.2, -0.15) is 0 Å². The van der Waals surface area contributed by atoms with E-state index in [1.807, 2.05) is 32.0 Å². The normalized spacial score (nSPS) is 10.2. The predicted octanol–water partition coefficient (Wildman–Crippen LogP) is 2.18. The number of carbonyl (C=O) groups is 2. The molecule has 126 valence electrons. The van der Waals surface area contributed by atoms with E-state index in [-0.39, 0.29) is 6.54 Å².